The van der Waals surface area contributed by atoms with E-state index in [0.717, 1.165) is 5.56 Å². The first-order chi connectivity index (χ1) is 13.1. The number of ether oxygens (including phenoxy) is 1. The number of aliphatic hydroxyl groups is 1. The van der Waals surface area contributed by atoms with Crippen molar-refractivity contribution in [3.63, 3.8) is 0 Å². The molecule has 1 aromatic rings. The van der Waals surface area contributed by atoms with Crippen LogP contribution in [-0.2, 0) is 19.7 Å². The summed E-state index contributed by atoms with van der Waals surface area (Å²) in [4.78, 5) is 26.8. The number of amides is 1. The maximum absolute atomic E-state index is 12.7. The van der Waals surface area contributed by atoms with E-state index in [9.17, 15) is 14.7 Å². The van der Waals surface area contributed by atoms with Crippen molar-refractivity contribution in [3.8, 4) is 0 Å². The summed E-state index contributed by atoms with van der Waals surface area (Å²) < 4.78 is 5.57. The van der Waals surface area contributed by atoms with Crippen LogP contribution in [0.3, 0.4) is 0 Å². The summed E-state index contributed by atoms with van der Waals surface area (Å²) in [5, 5.41) is 10.4. The Bertz CT molecular complexity index is 741. The summed E-state index contributed by atoms with van der Waals surface area (Å²) in [5.74, 6) is -1.09. The molecule has 1 heterocycles. The van der Waals surface area contributed by atoms with Gasteiger partial charge in [0, 0.05) is 19.6 Å². The lowest BCUT2D eigenvalue weighted by Crippen LogP contribution is -2.32. The van der Waals surface area contributed by atoms with Crippen LogP contribution < -0.4 is 0 Å². The molecule has 5 heteroatoms. The molecule has 5 nitrogen and oxygen atoms in total. The average molecular weight is 388 g/mol. The number of ketones is 1. The molecule has 2 rings (SSSR count). The number of rotatable bonds is 8. The first kappa shape index (κ1) is 22.2. The molecule has 0 bridgehead atoms. The van der Waals surface area contributed by atoms with Gasteiger partial charge >= 0.3 is 0 Å². The van der Waals surface area contributed by atoms with Crippen molar-refractivity contribution in [3.05, 3.63) is 46.7 Å². The van der Waals surface area contributed by atoms with Crippen molar-refractivity contribution in [2.75, 3.05) is 13.2 Å². The highest BCUT2D eigenvalue weighted by molar-refractivity contribution is 6.08. The van der Waals surface area contributed by atoms with Gasteiger partial charge in [-0.2, -0.15) is 0 Å². The first-order valence-electron chi connectivity index (χ1n) is 10.1. The van der Waals surface area contributed by atoms with E-state index >= 15 is 0 Å². The number of hydrogen-bond donors (Lipinski definition) is 1. The highest BCUT2D eigenvalue weighted by Crippen LogP contribution is 2.38. The fraction of sp³-hybridized carbons (Fsp3) is 0.565. The Labute approximate surface area is 168 Å². The monoisotopic (exact) mass is 387 g/mol. The van der Waals surface area contributed by atoms with Crippen LogP contribution in [0.1, 0.15) is 71.6 Å². The van der Waals surface area contributed by atoms with Crippen molar-refractivity contribution in [1.29, 1.82) is 0 Å². The maximum Gasteiger partial charge on any atom is 0.290 e. The minimum atomic E-state index is -0.548. The number of benzene rings is 1. The van der Waals surface area contributed by atoms with Crippen LogP contribution >= 0.6 is 0 Å². The Hall–Kier alpha value is -2.14. The van der Waals surface area contributed by atoms with Crippen LogP contribution in [0.5, 0.6) is 0 Å². The van der Waals surface area contributed by atoms with Gasteiger partial charge in [-0.05, 0) is 36.8 Å². The molecule has 1 amide bonds. The predicted molar refractivity (Wildman–Crippen MR) is 110 cm³/mol. The third-order valence-electron chi connectivity index (χ3n) is 5.01. The lowest BCUT2D eigenvalue weighted by molar-refractivity contribution is -0.129. The quantitative estimate of drug-likeness (QED) is 0.668. The van der Waals surface area contributed by atoms with Gasteiger partial charge in [-0.25, -0.2) is 0 Å². The van der Waals surface area contributed by atoms with E-state index in [2.05, 4.69) is 20.8 Å². The Morgan fingerprint density at radius 3 is 2.32 bits per heavy atom. The Balaban J connectivity index is 2.34. The van der Waals surface area contributed by atoms with E-state index in [1.807, 2.05) is 38.1 Å². The van der Waals surface area contributed by atoms with Crippen LogP contribution in [0.25, 0.3) is 0 Å². The SMILES string of the molecule is CCC(=O)C1=C(O)C(=O)N(CCCOC(C)C)C1c1ccc(C(C)(C)C)cc1. The average Bonchev–Trinajstić information content (AvgIpc) is 2.88. The molecule has 0 saturated heterocycles. The Kier molecular flexibility index (Phi) is 7.05. The van der Waals surface area contributed by atoms with Crippen molar-refractivity contribution < 1.29 is 19.4 Å². The summed E-state index contributed by atoms with van der Waals surface area (Å²) >= 11 is 0. The van der Waals surface area contributed by atoms with E-state index in [0.29, 0.717) is 19.6 Å². The van der Waals surface area contributed by atoms with E-state index in [1.54, 1.807) is 11.8 Å². The van der Waals surface area contributed by atoms with Gasteiger partial charge in [-0.15, -0.1) is 0 Å². The summed E-state index contributed by atoms with van der Waals surface area (Å²) in [6.07, 6.45) is 1.01. The zero-order chi connectivity index (χ0) is 21.1. The van der Waals surface area contributed by atoms with Crippen LogP contribution in [0.4, 0.5) is 0 Å². The molecule has 0 aliphatic carbocycles. The smallest absolute Gasteiger partial charge is 0.290 e. The molecule has 1 aliphatic rings. The molecule has 28 heavy (non-hydrogen) atoms. The molecule has 1 unspecified atom stereocenters. The summed E-state index contributed by atoms with van der Waals surface area (Å²) in [6.45, 7) is 13.0. The molecular weight excluding hydrogens is 354 g/mol. The van der Waals surface area contributed by atoms with Crippen LogP contribution in [0.15, 0.2) is 35.6 Å². The summed E-state index contributed by atoms with van der Waals surface area (Å²) in [5.41, 5.74) is 2.24. The number of nitrogens with zero attached hydrogens (tertiary/aromatic N) is 1. The van der Waals surface area contributed by atoms with Crippen molar-refractivity contribution in [1.82, 2.24) is 4.90 Å². The fourth-order valence-corrected chi connectivity index (χ4v) is 3.43. The van der Waals surface area contributed by atoms with Gasteiger partial charge in [0.1, 0.15) is 0 Å². The highest BCUT2D eigenvalue weighted by Gasteiger charge is 2.42. The third kappa shape index (κ3) is 4.82. The van der Waals surface area contributed by atoms with Crippen molar-refractivity contribution in [2.24, 2.45) is 0 Å². The standard InChI is InChI=1S/C23H33NO4/c1-7-18(25)19-20(16-9-11-17(12-10-16)23(4,5)6)24(22(27)21(19)26)13-8-14-28-15(2)3/h9-12,15,20,26H,7-8,13-14H2,1-6H3. The topological polar surface area (TPSA) is 66.8 Å². The van der Waals surface area contributed by atoms with Gasteiger partial charge in [0.25, 0.3) is 5.91 Å². The first-order valence-corrected chi connectivity index (χ1v) is 10.1. The molecule has 0 saturated carbocycles. The normalized spacial score (nSPS) is 17.8. The van der Waals surface area contributed by atoms with Gasteiger partial charge in [-0.3, -0.25) is 9.59 Å². The van der Waals surface area contributed by atoms with E-state index in [-0.39, 0.29) is 29.3 Å². The number of hydrogen-bond acceptors (Lipinski definition) is 4. The molecule has 0 radical (unpaired) electrons. The largest absolute Gasteiger partial charge is 0.503 e. The summed E-state index contributed by atoms with van der Waals surface area (Å²) in [7, 11) is 0. The van der Waals surface area contributed by atoms with Crippen LogP contribution in [0.2, 0.25) is 0 Å². The van der Waals surface area contributed by atoms with Gasteiger partial charge in [0.05, 0.1) is 17.7 Å². The predicted octanol–water partition coefficient (Wildman–Crippen LogP) is 4.47. The lowest BCUT2D eigenvalue weighted by Gasteiger charge is -2.28. The number of carbonyl (C=O) groups is 2. The van der Waals surface area contributed by atoms with Crippen LogP contribution in [0, 0.1) is 0 Å². The fourth-order valence-electron chi connectivity index (χ4n) is 3.43. The van der Waals surface area contributed by atoms with Crippen LogP contribution in [-0.4, -0.2) is 41.0 Å². The highest BCUT2D eigenvalue weighted by atomic mass is 16.5. The van der Waals surface area contributed by atoms with Crippen molar-refractivity contribution in [2.45, 2.75) is 71.9 Å². The van der Waals surface area contributed by atoms with Gasteiger partial charge in [-0.1, -0.05) is 52.0 Å². The minimum Gasteiger partial charge on any atom is -0.503 e. The second-order valence-electron chi connectivity index (χ2n) is 8.59. The maximum atomic E-state index is 12.7. The van der Waals surface area contributed by atoms with E-state index < -0.39 is 17.7 Å². The zero-order valence-electron chi connectivity index (χ0n) is 17.9. The lowest BCUT2D eigenvalue weighted by atomic mass is 9.85. The van der Waals surface area contributed by atoms with Gasteiger partial charge in [0.2, 0.25) is 0 Å². The second-order valence-corrected chi connectivity index (χ2v) is 8.59. The Morgan fingerprint density at radius 2 is 1.82 bits per heavy atom. The van der Waals surface area contributed by atoms with Gasteiger partial charge < -0.3 is 14.7 Å². The molecule has 1 atom stereocenters. The third-order valence-corrected chi connectivity index (χ3v) is 5.01. The zero-order valence-corrected chi connectivity index (χ0v) is 17.9. The molecule has 1 N–H and O–H groups in total. The molecular formula is C23H33NO4. The number of carbonyl (C=O) groups excluding carboxylic acids is 2. The van der Waals surface area contributed by atoms with E-state index in [4.69, 9.17) is 4.74 Å². The minimum absolute atomic E-state index is 0.0118. The molecule has 0 fully saturated rings. The summed E-state index contributed by atoms with van der Waals surface area (Å²) in [6, 6.07) is 7.43. The molecule has 154 valence electrons. The molecule has 0 spiro atoms. The number of aliphatic hydroxyl groups excluding tert-OH is 1. The number of Topliss-reactive ketones (excluding diaryl/α,β-unsaturated/α-hetero) is 1. The van der Waals surface area contributed by atoms with Gasteiger partial charge in [0.15, 0.2) is 11.5 Å². The Morgan fingerprint density at radius 1 is 1.21 bits per heavy atom. The molecule has 1 aromatic carbocycles. The van der Waals surface area contributed by atoms with Crippen molar-refractivity contribution >= 4 is 11.7 Å². The molecule has 0 aromatic heterocycles. The van der Waals surface area contributed by atoms with E-state index in [1.165, 1.54) is 5.56 Å². The second kappa shape index (κ2) is 8.91. The molecule has 1 aliphatic heterocycles.